The Labute approximate surface area is 89.7 Å². The lowest BCUT2D eigenvalue weighted by atomic mass is 9.86. The van der Waals surface area contributed by atoms with Crippen molar-refractivity contribution in [2.24, 2.45) is 0 Å². The molecule has 1 aliphatic heterocycles. The maximum atomic E-state index is 9.33. The third-order valence-corrected chi connectivity index (χ3v) is 2.72. The van der Waals surface area contributed by atoms with Crippen LogP contribution in [0.1, 0.15) is 18.1 Å². The van der Waals surface area contributed by atoms with Crippen LogP contribution < -0.4 is 5.32 Å². The van der Waals surface area contributed by atoms with E-state index in [1.807, 2.05) is 31.2 Å². The van der Waals surface area contributed by atoms with Crippen LogP contribution in [-0.2, 0) is 16.9 Å². The summed E-state index contributed by atoms with van der Waals surface area (Å²) < 4.78 is 5.47. The molecule has 2 rings (SSSR count). The van der Waals surface area contributed by atoms with Gasteiger partial charge in [-0.3, -0.25) is 5.32 Å². The van der Waals surface area contributed by atoms with Gasteiger partial charge in [-0.05, 0) is 17.7 Å². The molecule has 0 aromatic heterocycles. The van der Waals surface area contributed by atoms with E-state index in [1.165, 1.54) is 0 Å². The number of ether oxygens (including phenoxy) is 1. The quantitative estimate of drug-likeness (QED) is 0.791. The van der Waals surface area contributed by atoms with Crippen molar-refractivity contribution >= 4 is 0 Å². The van der Waals surface area contributed by atoms with Crippen LogP contribution in [0, 0.1) is 11.3 Å². The lowest BCUT2D eigenvalue weighted by Crippen LogP contribution is -2.47. The first-order valence-electron chi connectivity index (χ1n) is 5.15. The van der Waals surface area contributed by atoms with Gasteiger partial charge < -0.3 is 4.74 Å². The molecule has 3 heteroatoms. The Morgan fingerprint density at radius 1 is 1.53 bits per heavy atom. The van der Waals surface area contributed by atoms with Crippen LogP contribution in [0.2, 0.25) is 0 Å². The summed E-state index contributed by atoms with van der Waals surface area (Å²) in [5, 5.41) is 12.5. The molecule has 0 saturated carbocycles. The average molecular weight is 202 g/mol. The molecule has 0 aliphatic carbocycles. The summed E-state index contributed by atoms with van der Waals surface area (Å²) in [6.07, 6.45) is 0. The summed E-state index contributed by atoms with van der Waals surface area (Å²) in [6, 6.07) is 10.3. The van der Waals surface area contributed by atoms with Gasteiger partial charge in [-0.1, -0.05) is 31.2 Å². The van der Waals surface area contributed by atoms with Crippen LogP contribution in [0.3, 0.4) is 0 Å². The Hall–Kier alpha value is -1.37. The lowest BCUT2D eigenvalue weighted by molar-refractivity contribution is 0.0589. The maximum Gasteiger partial charge on any atom is 0.156 e. The standard InChI is InChI=1S/C12H14N2O/c1-2-14-12(8-13)9-15-7-10-5-3-4-6-11(10)12/h3-6,14H,2,7,9H2,1H3. The van der Waals surface area contributed by atoms with E-state index in [4.69, 9.17) is 4.74 Å². The summed E-state index contributed by atoms with van der Waals surface area (Å²) in [5.41, 5.74) is 1.50. The van der Waals surface area contributed by atoms with Crippen LogP contribution >= 0.6 is 0 Å². The summed E-state index contributed by atoms with van der Waals surface area (Å²) in [5.74, 6) is 0. The van der Waals surface area contributed by atoms with Crippen molar-refractivity contribution in [1.29, 1.82) is 5.26 Å². The summed E-state index contributed by atoms with van der Waals surface area (Å²) in [6.45, 7) is 3.78. The zero-order valence-corrected chi connectivity index (χ0v) is 8.79. The summed E-state index contributed by atoms with van der Waals surface area (Å²) in [7, 11) is 0. The number of nitriles is 1. The predicted molar refractivity (Wildman–Crippen MR) is 57.1 cm³/mol. The van der Waals surface area contributed by atoms with Crippen molar-refractivity contribution in [1.82, 2.24) is 5.32 Å². The largest absolute Gasteiger partial charge is 0.373 e. The molecule has 1 aliphatic rings. The van der Waals surface area contributed by atoms with E-state index >= 15 is 0 Å². The fraction of sp³-hybridized carbons (Fsp3) is 0.417. The van der Waals surface area contributed by atoms with Crippen LogP contribution in [0.4, 0.5) is 0 Å². The Balaban J connectivity index is 2.48. The molecule has 0 radical (unpaired) electrons. The Kier molecular flexibility index (Phi) is 2.72. The molecule has 0 saturated heterocycles. The molecule has 0 fully saturated rings. The Bertz CT molecular complexity index is 397. The molecule has 1 aromatic rings. The van der Waals surface area contributed by atoms with Crippen LogP contribution in [0.25, 0.3) is 0 Å². The fourth-order valence-corrected chi connectivity index (χ4v) is 2.03. The Morgan fingerprint density at radius 2 is 2.33 bits per heavy atom. The average Bonchev–Trinajstić information content (AvgIpc) is 2.30. The number of benzene rings is 1. The van der Waals surface area contributed by atoms with Gasteiger partial charge in [0.1, 0.15) is 0 Å². The molecule has 1 heterocycles. The van der Waals surface area contributed by atoms with Gasteiger partial charge in [-0.2, -0.15) is 5.26 Å². The highest BCUT2D eigenvalue weighted by Gasteiger charge is 2.36. The van der Waals surface area contributed by atoms with Gasteiger partial charge in [0.2, 0.25) is 0 Å². The molecule has 0 spiro atoms. The minimum atomic E-state index is -0.663. The summed E-state index contributed by atoms with van der Waals surface area (Å²) >= 11 is 0. The summed E-state index contributed by atoms with van der Waals surface area (Å²) in [4.78, 5) is 0. The molecule has 0 amide bonds. The molecule has 3 nitrogen and oxygen atoms in total. The first kappa shape index (κ1) is 10.2. The van der Waals surface area contributed by atoms with Crippen LogP contribution in [-0.4, -0.2) is 13.2 Å². The molecule has 1 aromatic carbocycles. The smallest absolute Gasteiger partial charge is 0.156 e. The van der Waals surface area contributed by atoms with Crippen molar-refractivity contribution in [3.63, 3.8) is 0 Å². The van der Waals surface area contributed by atoms with E-state index in [1.54, 1.807) is 0 Å². The van der Waals surface area contributed by atoms with Gasteiger partial charge in [0.15, 0.2) is 5.54 Å². The second-order valence-corrected chi connectivity index (χ2v) is 3.70. The fourth-order valence-electron chi connectivity index (χ4n) is 2.03. The van der Waals surface area contributed by atoms with E-state index in [0.29, 0.717) is 13.2 Å². The van der Waals surface area contributed by atoms with E-state index < -0.39 is 5.54 Å². The van der Waals surface area contributed by atoms with Gasteiger partial charge in [0.05, 0.1) is 19.3 Å². The van der Waals surface area contributed by atoms with Crippen molar-refractivity contribution in [2.75, 3.05) is 13.2 Å². The highest BCUT2D eigenvalue weighted by atomic mass is 16.5. The van der Waals surface area contributed by atoms with Gasteiger partial charge in [-0.25, -0.2) is 0 Å². The van der Waals surface area contributed by atoms with Crippen LogP contribution in [0.15, 0.2) is 24.3 Å². The van der Waals surface area contributed by atoms with Gasteiger partial charge in [-0.15, -0.1) is 0 Å². The zero-order valence-electron chi connectivity index (χ0n) is 8.79. The van der Waals surface area contributed by atoms with Crippen molar-refractivity contribution in [3.8, 4) is 6.07 Å². The van der Waals surface area contributed by atoms with Crippen molar-refractivity contribution in [3.05, 3.63) is 35.4 Å². The molecule has 1 atom stereocenters. The second kappa shape index (κ2) is 4.01. The molecule has 15 heavy (non-hydrogen) atoms. The molecule has 1 unspecified atom stereocenters. The number of hydrogen-bond acceptors (Lipinski definition) is 3. The van der Waals surface area contributed by atoms with Crippen molar-refractivity contribution < 1.29 is 4.74 Å². The minimum absolute atomic E-state index is 0.425. The molecule has 0 bridgehead atoms. The maximum absolute atomic E-state index is 9.33. The minimum Gasteiger partial charge on any atom is -0.373 e. The predicted octanol–water partition coefficient (Wildman–Crippen LogP) is 1.55. The van der Waals surface area contributed by atoms with Gasteiger partial charge in [0, 0.05) is 0 Å². The van der Waals surface area contributed by atoms with E-state index in [9.17, 15) is 5.26 Å². The first-order chi connectivity index (χ1) is 7.32. The molecular weight excluding hydrogens is 188 g/mol. The SMILES string of the molecule is CCNC1(C#N)COCc2ccccc21. The Morgan fingerprint density at radius 3 is 3.07 bits per heavy atom. The second-order valence-electron chi connectivity index (χ2n) is 3.70. The molecule has 1 N–H and O–H groups in total. The number of likely N-dealkylation sites (N-methyl/N-ethyl adjacent to an activating group) is 1. The zero-order chi connectivity index (χ0) is 10.7. The van der Waals surface area contributed by atoms with Crippen LogP contribution in [0.5, 0.6) is 0 Å². The topological polar surface area (TPSA) is 45.0 Å². The number of nitrogens with one attached hydrogen (secondary N) is 1. The van der Waals surface area contributed by atoms with Gasteiger partial charge in [0.25, 0.3) is 0 Å². The van der Waals surface area contributed by atoms with E-state index in [2.05, 4.69) is 11.4 Å². The normalized spacial score (nSPS) is 24.3. The first-order valence-corrected chi connectivity index (χ1v) is 5.15. The number of fused-ring (bicyclic) bond motifs is 1. The third kappa shape index (κ3) is 1.63. The third-order valence-electron chi connectivity index (χ3n) is 2.72. The van der Waals surface area contributed by atoms with E-state index in [-0.39, 0.29) is 0 Å². The van der Waals surface area contributed by atoms with Gasteiger partial charge >= 0.3 is 0 Å². The number of rotatable bonds is 2. The number of nitrogens with zero attached hydrogens (tertiary/aromatic N) is 1. The molecular formula is C12H14N2O. The highest BCUT2D eigenvalue weighted by molar-refractivity contribution is 5.39. The highest BCUT2D eigenvalue weighted by Crippen LogP contribution is 2.29. The lowest BCUT2D eigenvalue weighted by Gasteiger charge is -2.33. The molecule has 78 valence electrons. The monoisotopic (exact) mass is 202 g/mol. The number of hydrogen-bond donors (Lipinski definition) is 1. The van der Waals surface area contributed by atoms with Crippen molar-refractivity contribution in [2.45, 2.75) is 19.1 Å². The van der Waals surface area contributed by atoms with E-state index in [0.717, 1.165) is 17.7 Å².